The maximum absolute atomic E-state index is 12.6. The highest BCUT2D eigenvalue weighted by molar-refractivity contribution is 5.85. The van der Waals surface area contributed by atoms with Gasteiger partial charge in [-0.15, -0.1) is 24.8 Å². The maximum Gasteiger partial charge on any atom is 0.223 e. The minimum atomic E-state index is 0. The van der Waals surface area contributed by atoms with Gasteiger partial charge in [0.15, 0.2) is 11.7 Å². The molecule has 1 aliphatic rings. The molecule has 1 aromatic heterocycles. The first-order chi connectivity index (χ1) is 11.8. The summed E-state index contributed by atoms with van der Waals surface area (Å²) < 4.78 is 5.79. The second-order valence-corrected chi connectivity index (χ2v) is 6.22. The standard InChI is InChI=1S/C19H25N3O2.2ClH/c1-2-12-22(16-10-11-20-13-16)19(23)9-8-18-21-14-17(24-18)15-6-4-3-5-7-15;;/h3-7,14,16,20H,2,8-13H2,1H3;2*1H. The van der Waals surface area contributed by atoms with Crippen molar-refractivity contribution in [3.05, 3.63) is 42.4 Å². The number of rotatable bonds is 7. The van der Waals surface area contributed by atoms with Crippen LogP contribution >= 0.6 is 24.8 Å². The van der Waals surface area contributed by atoms with E-state index in [1.165, 1.54) is 0 Å². The van der Waals surface area contributed by atoms with Crippen molar-refractivity contribution in [2.75, 3.05) is 19.6 Å². The van der Waals surface area contributed by atoms with Gasteiger partial charge in [0.25, 0.3) is 0 Å². The van der Waals surface area contributed by atoms with Gasteiger partial charge in [-0.1, -0.05) is 37.3 Å². The van der Waals surface area contributed by atoms with Crippen LogP contribution < -0.4 is 5.32 Å². The molecule has 5 nitrogen and oxygen atoms in total. The minimum Gasteiger partial charge on any atom is -0.441 e. The van der Waals surface area contributed by atoms with Crippen LogP contribution in [0, 0.1) is 0 Å². The molecule has 3 rings (SSSR count). The van der Waals surface area contributed by atoms with Crippen molar-refractivity contribution < 1.29 is 9.21 Å². The van der Waals surface area contributed by atoms with Crippen LogP contribution in [0.1, 0.15) is 32.1 Å². The summed E-state index contributed by atoms with van der Waals surface area (Å²) in [5.74, 6) is 1.58. The molecule has 1 N–H and O–H groups in total. The van der Waals surface area contributed by atoms with Crippen LogP contribution in [0.2, 0.25) is 0 Å². The van der Waals surface area contributed by atoms with E-state index >= 15 is 0 Å². The predicted molar refractivity (Wildman–Crippen MR) is 108 cm³/mol. The SMILES string of the molecule is CCCN(C(=O)CCc1ncc(-c2ccccc2)o1)C1CCNC1.Cl.Cl. The smallest absolute Gasteiger partial charge is 0.223 e. The molecule has 1 amide bonds. The zero-order valence-corrected chi connectivity index (χ0v) is 16.7. The fourth-order valence-corrected chi connectivity index (χ4v) is 3.18. The van der Waals surface area contributed by atoms with Gasteiger partial charge in [-0.25, -0.2) is 4.98 Å². The van der Waals surface area contributed by atoms with Crippen LogP contribution in [0.4, 0.5) is 0 Å². The van der Waals surface area contributed by atoms with Gasteiger partial charge >= 0.3 is 0 Å². The van der Waals surface area contributed by atoms with Crippen molar-refractivity contribution in [2.24, 2.45) is 0 Å². The van der Waals surface area contributed by atoms with Crippen molar-refractivity contribution in [3.63, 3.8) is 0 Å². The molecular weight excluding hydrogens is 373 g/mol. The fourth-order valence-electron chi connectivity index (χ4n) is 3.18. The highest BCUT2D eigenvalue weighted by Gasteiger charge is 2.25. The number of carbonyl (C=O) groups is 1. The third kappa shape index (κ3) is 5.73. The lowest BCUT2D eigenvalue weighted by atomic mass is 10.1. The Hall–Kier alpha value is -1.56. The number of benzene rings is 1. The molecule has 1 aliphatic heterocycles. The molecule has 7 heteroatoms. The Morgan fingerprint density at radius 2 is 2.08 bits per heavy atom. The Bertz CT molecular complexity index is 658. The van der Waals surface area contributed by atoms with Gasteiger partial charge in [0, 0.05) is 37.5 Å². The van der Waals surface area contributed by atoms with E-state index in [9.17, 15) is 4.79 Å². The molecule has 0 saturated carbocycles. The lowest BCUT2D eigenvalue weighted by Crippen LogP contribution is -2.42. The number of aryl methyl sites for hydroxylation is 1. The summed E-state index contributed by atoms with van der Waals surface area (Å²) in [7, 11) is 0. The van der Waals surface area contributed by atoms with E-state index in [1.54, 1.807) is 6.20 Å². The first-order valence-corrected chi connectivity index (χ1v) is 8.78. The van der Waals surface area contributed by atoms with E-state index < -0.39 is 0 Å². The summed E-state index contributed by atoms with van der Waals surface area (Å²) in [5, 5.41) is 3.34. The van der Waals surface area contributed by atoms with Gasteiger partial charge < -0.3 is 14.6 Å². The minimum absolute atomic E-state index is 0. The summed E-state index contributed by atoms with van der Waals surface area (Å²) in [5.41, 5.74) is 1.01. The Balaban J connectivity index is 0.00000169. The third-order valence-corrected chi connectivity index (χ3v) is 4.42. The largest absolute Gasteiger partial charge is 0.441 e. The number of hydrogen-bond acceptors (Lipinski definition) is 4. The molecule has 1 saturated heterocycles. The van der Waals surface area contributed by atoms with Crippen LogP contribution in [-0.2, 0) is 11.2 Å². The highest BCUT2D eigenvalue weighted by Crippen LogP contribution is 2.20. The van der Waals surface area contributed by atoms with E-state index in [0.717, 1.165) is 43.8 Å². The molecule has 0 spiro atoms. The number of nitrogens with one attached hydrogen (secondary N) is 1. The summed E-state index contributed by atoms with van der Waals surface area (Å²) in [6, 6.07) is 10.2. The Morgan fingerprint density at radius 3 is 2.73 bits per heavy atom. The average Bonchev–Trinajstić information content (AvgIpc) is 3.30. The first-order valence-electron chi connectivity index (χ1n) is 8.78. The van der Waals surface area contributed by atoms with Gasteiger partial charge in [-0.05, 0) is 19.4 Å². The van der Waals surface area contributed by atoms with Crippen LogP contribution in [0.5, 0.6) is 0 Å². The van der Waals surface area contributed by atoms with Crippen molar-refractivity contribution in [2.45, 2.75) is 38.6 Å². The third-order valence-electron chi connectivity index (χ3n) is 4.42. The van der Waals surface area contributed by atoms with Gasteiger partial charge in [0.1, 0.15) is 0 Å². The second-order valence-electron chi connectivity index (χ2n) is 6.22. The number of aromatic nitrogens is 1. The summed E-state index contributed by atoms with van der Waals surface area (Å²) in [6.45, 7) is 4.84. The molecule has 1 aromatic carbocycles. The summed E-state index contributed by atoms with van der Waals surface area (Å²) in [6.07, 6.45) is 4.76. The van der Waals surface area contributed by atoms with E-state index in [0.29, 0.717) is 24.8 Å². The van der Waals surface area contributed by atoms with Gasteiger partial charge in [-0.3, -0.25) is 4.79 Å². The quantitative estimate of drug-likeness (QED) is 0.770. The normalized spacial score (nSPS) is 15.8. The number of carbonyl (C=O) groups excluding carboxylic acids is 1. The molecule has 26 heavy (non-hydrogen) atoms. The van der Waals surface area contributed by atoms with Gasteiger partial charge in [-0.2, -0.15) is 0 Å². The van der Waals surface area contributed by atoms with Crippen LogP contribution in [-0.4, -0.2) is 41.5 Å². The van der Waals surface area contributed by atoms with Crippen LogP contribution in [0.25, 0.3) is 11.3 Å². The van der Waals surface area contributed by atoms with Gasteiger partial charge in [0.05, 0.1) is 6.20 Å². The first kappa shape index (κ1) is 22.5. The molecule has 1 fully saturated rings. The number of halogens is 2. The Morgan fingerprint density at radius 1 is 1.31 bits per heavy atom. The van der Waals surface area contributed by atoms with Crippen LogP contribution in [0.15, 0.2) is 40.9 Å². The topological polar surface area (TPSA) is 58.4 Å². The number of oxazole rings is 1. The molecule has 2 heterocycles. The molecule has 1 atom stereocenters. The zero-order valence-electron chi connectivity index (χ0n) is 15.0. The molecule has 2 aromatic rings. The highest BCUT2D eigenvalue weighted by atomic mass is 35.5. The summed E-state index contributed by atoms with van der Waals surface area (Å²) in [4.78, 5) is 18.9. The fraction of sp³-hybridized carbons (Fsp3) is 0.474. The second kappa shape index (κ2) is 11.2. The predicted octanol–water partition coefficient (Wildman–Crippen LogP) is 3.72. The molecule has 0 radical (unpaired) electrons. The summed E-state index contributed by atoms with van der Waals surface area (Å²) >= 11 is 0. The molecule has 144 valence electrons. The Kier molecular flexibility index (Phi) is 9.70. The maximum atomic E-state index is 12.6. The van der Waals surface area contributed by atoms with E-state index in [-0.39, 0.29) is 30.7 Å². The Labute approximate surface area is 167 Å². The number of amides is 1. The van der Waals surface area contributed by atoms with Crippen molar-refractivity contribution in [1.82, 2.24) is 15.2 Å². The lowest BCUT2D eigenvalue weighted by Gasteiger charge is -2.28. The van der Waals surface area contributed by atoms with E-state index in [2.05, 4.69) is 17.2 Å². The van der Waals surface area contributed by atoms with E-state index in [4.69, 9.17) is 4.42 Å². The van der Waals surface area contributed by atoms with Crippen molar-refractivity contribution in [3.8, 4) is 11.3 Å². The van der Waals surface area contributed by atoms with Crippen LogP contribution in [0.3, 0.4) is 0 Å². The molecule has 0 bridgehead atoms. The average molecular weight is 400 g/mol. The van der Waals surface area contributed by atoms with Crippen molar-refractivity contribution >= 4 is 30.7 Å². The molecule has 1 unspecified atom stereocenters. The molecular formula is C19H27Cl2N3O2. The number of hydrogen-bond donors (Lipinski definition) is 1. The molecule has 0 aliphatic carbocycles. The van der Waals surface area contributed by atoms with Crippen molar-refractivity contribution in [1.29, 1.82) is 0 Å². The zero-order chi connectivity index (χ0) is 16.8. The lowest BCUT2D eigenvalue weighted by molar-refractivity contribution is -0.133. The van der Waals surface area contributed by atoms with E-state index in [1.807, 2.05) is 35.2 Å². The monoisotopic (exact) mass is 399 g/mol. The number of nitrogens with zero attached hydrogens (tertiary/aromatic N) is 2. The van der Waals surface area contributed by atoms with Gasteiger partial charge in [0.2, 0.25) is 5.91 Å².